The molecular formula is C14H12ClNO3S. The highest BCUT2D eigenvalue weighted by molar-refractivity contribution is 7.18. The maximum absolute atomic E-state index is 12.2. The van der Waals surface area contributed by atoms with Gasteiger partial charge in [0.1, 0.15) is 0 Å². The molecule has 1 aromatic heterocycles. The standard InChI is InChI=1S/C14H12ClNO3S/c15-12-6-5-11(20-12)10(17)7-16-13(18)8-3-1-2-4-9(8)14(16)19/h1-2,5-6,8-9H,3-4,7H2. The quantitative estimate of drug-likeness (QED) is 0.490. The van der Waals surface area contributed by atoms with Gasteiger partial charge in [-0.1, -0.05) is 23.8 Å². The average Bonchev–Trinajstić information content (AvgIpc) is 2.98. The van der Waals surface area contributed by atoms with E-state index >= 15 is 0 Å². The molecule has 4 nitrogen and oxygen atoms in total. The van der Waals surface area contributed by atoms with E-state index in [0.29, 0.717) is 22.1 Å². The number of imide groups is 1. The number of hydrogen-bond donors (Lipinski definition) is 0. The van der Waals surface area contributed by atoms with Gasteiger partial charge in [0, 0.05) is 0 Å². The Morgan fingerprint density at radius 3 is 2.30 bits per heavy atom. The second-order valence-electron chi connectivity index (χ2n) is 4.95. The molecule has 0 spiro atoms. The zero-order valence-electron chi connectivity index (χ0n) is 10.5. The minimum Gasteiger partial charge on any atom is -0.291 e. The fraction of sp³-hybridized carbons (Fsp3) is 0.357. The van der Waals surface area contributed by atoms with Gasteiger partial charge in [0.05, 0.1) is 27.6 Å². The Bertz CT molecular complexity index is 596. The van der Waals surface area contributed by atoms with E-state index in [4.69, 9.17) is 11.6 Å². The largest absolute Gasteiger partial charge is 0.291 e. The number of carbonyl (C=O) groups excluding carboxylic acids is 3. The Labute approximate surface area is 125 Å². The second kappa shape index (κ2) is 5.14. The molecule has 1 saturated heterocycles. The van der Waals surface area contributed by atoms with Gasteiger partial charge in [-0.15, -0.1) is 11.3 Å². The van der Waals surface area contributed by atoms with Crippen molar-refractivity contribution in [2.24, 2.45) is 11.8 Å². The number of likely N-dealkylation sites (tertiary alicyclic amines) is 1. The first-order chi connectivity index (χ1) is 9.58. The number of hydrogen-bond acceptors (Lipinski definition) is 4. The van der Waals surface area contributed by atoms with E-state index < -0.39 is 0 Å². The Morgan fingerprint density at radius 1 is 1.20 bits per heavy atom. The van der Waals surface area contributed by atoms with Crippen molar-refractivity contribution in [3.8, 4) is 0 Å². The summed E-state index contributed by atoms with van der Waals surface area (Å²) in [5.74, 6) is -1.25. The molecule has 2 atom stereocenters. The summed E-state index contributed by atoms with van der Waals surface area (Å²) in [4.78, 5) is 38.1. The second-order valence-corrected chi connectivity index (χ2v) is 6.66. The average molecular weight is 310 g/mol. The van der Waals surface area contributed by atoms with Gasteiger partial charge in [0.15, 0.2) is 5.78 Å². The topological polar surface area (TPSA) is 54.5 Å². The normalized spacial score (nSPS) is 25.1. The molecule has 0 N–H and O–H groups in total. The fourth-order valence-corrected chi connectivity index (χ4v) is 3.68. The maximum Gasteiger partial charge on any atom is 0.233 e. The summed E-state index contributed by atoms with van der Waals surface area (Å²) >= 11 is 6.95. The van der Waals surface area contributed by atoms with Gasteiger partial charge in [-0.3, -0.25) is 19.3 Å². The van der Waals surface area contributed by atoms with Crippen LogP contribution in [0.3, 0.4) is 0 Å². The molecule has 0 saturated carbocycles. The minimum atomic E-state index is -0.285. The van der Waals surface area contributed by atoms with Gasteiger partial charge < -0.3 is 0 Å². The van der Waals surface area contributed by atoms with Crippen LogP contribution in [-0.4, -0.2) is 29.0 Å². The highest BCUT2D eigenvalue weighted by Crippen LogP contribution is 2.35. The molecule has 0 aromatic carbocycles. The third-order valence-corrected chi connectivity index (χ3v) is 5.02. The van der Waals surface area contributed by atoms with E-state index in [-0.39, 0.29) is 36.0 Å². The first-order valence-corrected chi connectivity index (χ1v) is 7.56. The Balaban J connectivity index is 1.76. The molecule has 6 heteroatoms. The molecule has 2 aliphatic rings. The number of nitrogens with zero attached hydrogens (tertiary/aromatic N) is 1. The molecule has 2 heterocycles. The van der Waals surface area contributed by atoms with E-state index in [0.717, 1.165) is 16.2 Å². The summed E-state index contributed by atoms with van der Waals surface area (Å²) in [5, 5.41) is 0. The number of halogens is 1. The van der Waals surface area contributed by atoms with Crippen LogP contribution in [0.1, 0.15) is 22.5 Å². The zero-order valence-corrected chi connectivity index (χ0v) is 12.1. The van der Waals surface area contributed by atoms with Crippen LogP contribution in [0.25, 0.3) is 0 Å². The van der Waals surface area contributed by atoms with Gasteiger partial charge in [-0.2, -0.15) is 0 Å². The summed E-state index contributed by atoms with van der Waals surface area (Å²) in [6, 6.07) is 3.26. The SMILES string of the molecule is O=C(CN1C(=O)C2CC=CCC2C1=O)c1ccc(Cl)s1. The monoisotopic (exact) mass is 309 g/mol. The summed E-state index contributed by atoms with van der Waals surface area (Å²) in [6.45, 7) is -0.179. The van der Waals surface area contributed by atoms with Crippen molar-refractivity contribution in [1.82, 2.24) is 4.90 Å². The summed E-state index contributed by atoms with van der Waals surface area (Å²) < 4.78 is 0.519. The number of rotatable bonds is 3. The van der Waals surface area contributed by atoms with Crippen molar-refractivity contribution in [3.63, 3.8) is 0 Å². The number of ketones is 1. The third kappa shape index (κ3) is 2.21. The zero-order chi connectivity index (χ0) is 14.3. The van der Waals surface area contributed by atoms with Gasteiger partial charge in [-0.25, -0.2) is 0 Å². The van der Waals surface area contributed by atoms with Gasteiger partial charge in [-0.05, 0) is 25.0 Å². The van der Waals surface area contributed by atoms with Crippen LogP contribution >= 0.6 is 22.9 Å². The lowest BCUT2D eigenvalue weighted by molar-refractivity contribution is -0.139. The highest BCUT2D eigenvalue weighted by atomic mass is 35.5. The molecule has 0 radical (unpaired) electrons. The first-order valence-electron chi connectivity index (χ1n) is 6.36. The van der Waals surface area contributed by atoms with Gasteiger partial charge in [0.25, 0.3) is 0 Å². The molecule has 104 valence electrons. The van der Waals surface area contributed by atoms with Gasteiger partial charge in [0.2, 0.25) is 11.8 Å². The number of allylic oxidation sites excluding steroid dienone is 2. The molecule has 20 heavy (non-hydrogen) atoms. The van der Waals surface area contributed by atoms with Crippen molar-refractivity contribution in [1.29, 1.82) is 0 Å². The summed E-state index contributed by atoms with van der Waals surface area (Å²) in [6.07, 6.45) is 5.03. The maximum atomic E-state index is 12.2. The number of fused-ring (bicyclic) bond motifs is 1. The minimum absolute atomic E-state index is 0.179. The Morgan fingerprint density at radius 2 is 1.80 bits per heavy atom. The summed E-state index contributed by atoms with van der Waals surface area (Å²) in [5.41, 5.74) is 0. The predicted molar refractivity (Wildman–Crippen MR) is 75.7 cm³/mol. The molecule has 1 aromatic rings. The molecule has 1 aliphatic heterocycles. The van der Waals surface area contributed by atoms with Crippen molar-refractivity contribution in [3.05, 3.63) is 33.5 Å². The van der Waals surface area contributed by atoms with E-state index in [1.807, 2.05) is 12.2 Å². The van der Waals surface area contributed by atoms with Crippen molar-refractivity contribution in [2.45, 2.75) is 12.8 Å². The van der Waals surface area contributed by atoms with Crippen LogP contribution in [0.4, 0.5) is 0 Å². The highest BCUT2D eigenvalue weighted by Gasteiger charge is 2.47. The number of amides is 2. The number of Topliss-reactive ketones (excluding diaryl/α,β-unsaturated/α-hetero) is 1. The molecule has 1 aliphatic carbocycles. The molecule has 2 unspecified atom stereocenters. The van der Waals surface area contributed by atoms with Crippen LogP contribution in [0.2, 0.25) is 4.34 Å². The first kappa shape index (κ1) is 13.5. The summed E-state index contributed by atoms with van der Waals surface area (Å²) in [7, 11) is 0. The van der Waals surface area contributed by atoms with Crippen molar-refractivity contribution < 1.29 is 14.4 Å². The van der Waals surface area contributed by atoms with E-state index in [2.05, 4.69) is 0 Å². The van der Waals surface area contributed by atoms with Gasteiger partial charge >= 0.3 is 0 Å². The lowest BCUT2D eigenvalue weighted by atomic mass is 9.85. The van der Waals surface area contributed by atoms with Crippen LogP contribution in [0.5, 0.6) is 0 Å². The molecule has 3 rings (SSSR count). The Hall–Kier alpha value is -1.46. The number of carbonyl (C=O) groups is 3. The van der Waals surface area contributed by atoms with Crippen LogP contribution in [0, 0.1) is 11.8 Å². The fourth-order valence-electron chi connectivity index (χ4n) is 2.71. The lowest BCUT2D eigenvalue weighted by Crippen LogP contribution is -2.35. The van der Waals surface area contributed by atoms with Crippen LogP contribution in [-0.2, 0) is 9.59 Å². The van der Waals surface area contributed by atoms with Crippen molar-refractivity contribution in [2.75, 3.05) is 6.54 Å². The van der Waals surface area contributed by atoms with Crippen molar-refractivity contribution >= 4 is 40.5 Å². The molecule has 2 amide bonds. The van der Waals surface area contributed by atoms with E-state index in [1.165, 1.54) is 0 Å². The predicted octanol–water partition coefficient (Wildman–Crippen LogP) is 2.54. The molecule has 1 fully saturated rings. The molecular weight excluding hydrogens is 298 g/mol. The van der Waals surface area contributed by atoms with E-state index in [9.17, 15) is 14.4 Å². The van der Waals surface area contributed by atoms with Crippen LogP contribution in [0.15, 0.2) is 24.3 Å². The van der Waals surface area contributed by atoms with E-state index in [1.54, 1.807) is 12.1 Å². The van der Waals surface area contributed by atoms with Crippen LogP contribution < -0.4 is 0 Å². The smallest absolute Gasteiger partial charge is 0.233 e. The number of thiophene rings is 1. The third-order valence-electron chi connectivity index (χ3n) is 3.75. The Kier molecular flexibility index (Phi) is 3.48. The molecule has 0 bridgehead atoms. The lowest BCUT2D eigenvalue weighted by Gasteiger charge is -2.14.